The maximum absolute atomic E-state index is 10.4. The average molecular weight is 1440 g/mol. The van der Waals surface area contributed by atoms with Gasteiger partial charge in [0.05, 0.1) is 20.3 Å². The number of nitrogens with zero attached hydrogens (tertiary/aromatic N) is 7. The number of rotatable bonds is 10. The largest absolute Gasteiger partial charge is 0.508 e. The second kappa shape index (κ2) is 34.0. The molecule has 5 aliphatic heterocycles. The maximum Gasteiger partial charge on any atom is 0.174 e. The van der Waals surface area contributed by atoms with E-state index in [1.165, 1.54) is 61.2 Å². The first kappa shape index (κ1) is 71.7. The number of anilines is 1. The zero-order valence-corrected chi connectivity index (χ0v) is 60.5. The van der Waals surface area contributed by atoms with Crippen LogP contribution in [0.4, 0.5) is 5.69 Å². The normalized spacial score (nSPS) is 14.6. The van der Waals surface area contributed by atoms with Crippen LogP contribution in [0.25, 0.3) is 55.6 Å². The smallest absolute Gasteiger partial charge is 0.174 e. The van der Waals surface area contributed by atoms with Crippen molar-refractivity contribution in [3.05, 3.63) is 264 Å². The number of halogens is 1. The van der Waals surface area contributed by atoms with E-state index in [4.69, 9.17) is 5.73 Å². The summed E-state index contributed by atoms with van der Waals surface area (Å²) in [4.78, 5) is 9.50. The van der Waals surface area contributed by atoms with E-state index >= 15 is 0 Å². The number of likely N-dealkylation sites (N-methyl/N-ethyl adjacent to an activating group) is 5. The number of nitrogens with two attached hydrogens (primary N) is 1. The molecule has 0 atom stereocenters. The van der Waals surface area contributed by atoms with Gasteiger partial charge in [-0.3, -0.25) is 19.6 Å². The monoisotopic (exact) mass is 1440 g/mol. The third kappa shape index (κ3) is 16.3. The van der Waals surface area contributed by atoms with E-state index in [-0.39, 0.29) is 11.5 Å². The van der Waals surface area contributed by atoms with Crippen molar-refractivity contribution in [2.75, 3.05) is 71.2 Å². The van der Waals surface area contributed by atoms with Crippen LogP contribution >= 0.6 is 22.6 Å². The van der Waals surface area contributed by atoms with Crippen LogP contribution in [0, 0.1) is 26.2 Å². The summed E-state index contributed by atoms with van der Waals surface area (Å²) in [6.45, 7) is 24.4. The molecule has 0 bridgehead atoms. The fourth-order valence-electron chi connectivity index (χ4n) is 14.6. The van der Waals surface area contributed by atoms with Gasteiger partial charge in [-0.05, 0) is 201 Å². The fourth-order valence-corrected chi connectivity index (χ4v) is 15.2. The number of benzene rings is 10. The van der Waals surface area contributed by atoms with Crippen LogP contribution < -0.4 is 5.73 Å². The van der Waals surface area contributed by atoms with Crippen molar-refractivity contribution in [3.8, 4) is 90.8 Å². The predicted octanol–water partition coefficient (Wildman–Crippen LogP) is 17.0. The van der Waals surface area contributed by atoms with Gasteiger partial charge in [0.2, 0.25) is 0 Å². The number of phenolic OH excluding ortho intramolecular Hbond substituents is 4. The van der Waals surface area contributed by atoms with Crippen LogP contribution in [0.5, 0.6) is 23.0 Å². The summed E-state index contributed by atoms with van der Waals surface area (Å²) < 4.78 is 3.11. The van der Waals surface area contributed by atoms with Gasteiger partial charge < -0.3 is 26.2 Å². The lowest BCUT2D eigenvalue weighted by molar-refractivity contribution is -0.520. The molecule has 510 valence electrons. The van der Waals surface area contributed by atoms with E-state index < -0.39 is 0 Å². The summed E-state index contributed by atoms with van der Waals surface area (Å²) in [5.41, 5.74) is 31.5. The van der Waals surface area contributed by atoms with Gasteiger partial charge >= 0.3 is 0 Å². The summed E-state index contributed by atoms with van der Waals surface area (Å²) in [6, 6.07) is 69.8. The Kier molecular flexibility index (Phi) is 24.4. The lowest BCUT2D eigenvalue weighted by atomic mass is 9.88. The highest BCUT2D eigenvalue weighted by molar-refractivity contribution is 14.1. The highest BCUT2D eigenvalue weighted by atomic mass is 127. The number of phenols is 4. The Hall–Kier alpha value is -9.58. The number of nitriles is 2. The third-order valence-corrected chi connectivity index (χ3v) is 21.2. The molecule has 0 radical (unpaired) electrons. The maximum atomic E-state index is 10.4. The highest BCUT2D eigenvalue weighted by Gasteiger charge is 2.29. The van der Waals surface area contributed by atoms with Gasteiger partial charge in [-0.25, -0.2) is 4.58 Å². The molecule has 0 aliphatic carbocycles. The van der Waals surface area contributed by atoms with Gasteiger partial charge in [0, 0.05) is 81.2 Å². The number of hydrogen-bond acceptors (Lipinski definition) is 11. The topological polar surface area (TPSA) is 170 Å². The summed E-state index contributed by atoms with van der Waals surface area (Å²) in [7, 11) is 0. The first-order valence-corrected chi connectivity index (χ1v) is 36.4. The van der Waals surface area contributed by atoms with Crippen molar-refractivity contribution in [1.29, 1.82) is 10.5 Å². The van der Waals surface area contributed by atoms with Crippen LogP contribution in [-0.2, 0) is 58.3 Å². The Bertz CT molecular complexity index is 4490. The summed E-state index contributed by atoms with van der Waals surface area (Å²) in [5.74, 6) is 1.17. The van der Waals surface area contributed by atoms with E-state index in [0.29, 0.717) is 29.2 Å². The minimum Gasteiger partial charge on any atom is -0.508 e. The molecule has 0 aromatic heterocycles. The van der Waals surface area contributed by atoms with E-state index in [9.17, 15) is 30.9 Å². The van der Waals surface area contributed by atoms with Gasteiger partial charge in [0.25, 0.3) is 0 Å². The molecular formula is C87H92IN8O4+. The molecule has 0 spiro atoms. The lowest BCUT2D eigenvalue weighted by Crippen LogP contribution is -2.31. The van der Waals surface area contributed by atoms with Crippen molar-refractivity contribution < 1.29 is 25.0 Å². The molecule has 0 unspecified atom stereocenters. The zero-order chi connectivity index (χ0) is 70.2. The summed E-state index contributed by atoms with van der Waals surface area (Å²) >= 11 is 2.23. The molecule has 13 heteroatoms. The van der Waals surface area contributed by atoms with Gasteiger partial charge in [-0.15, -0.1) is 0 Å². The molecule has 10 aromatic carbocycles. The first-order chi connectivity index (χ1) is 48.8. The number of aromatic hydroxyl groups is 4. The molecule has 5 heterocycles. The van der Waals surface area contributed by atoms with Crippen LogP contribution in [0.3, 0.4) is 0 Å². The molecule has 6 N–H and O–H groups in total. The standard InChI is InChI=1S/C18H18N2O.C18H16N2O.C17H18INO.C17H20N2.C17H19NO/c2*1-2-20-9-8-15-16(13-6-4-3-5-7-13)10-14(11-19)18(21)17(15)12-20;1-2-19-9-8-13-14(12-6-4-3-5-7-12)10-16(18)17(20)15(13)11-19;1-2-19-11-10-15-14(13-6-4-3-5-7-13)8-9-17(18)16(15)12-19;1-2-18-11-10-15-14(13-6-4-3-5-7-13)8-9-17(19)16(15)12-18/h3-7,10,21H,2,8-9,12H2,1H3;3-7,10,12H,2,8-9H2,1H3;3-7,10,20H,2,8-9,11H2,1H3;3-9H,2,10-12,18H2,1H3;3-9,19H,2,10-12H2,1H3/p+1. The molecule has 5 aliphatic rings. The molecule has 100 heavy (non-hydrogen) atoms. The molecule has 15 rings (SSSR count). The predicted molar refractivity (Wildman–Crippen MR) is 416 cm³/mol. The second-order valence-electron chi connectivity index (χ2n) is 26.0. The van der Waals surface area contributed by atoms with Crippen LogP contribution in [0.1, 0.15) is 101 Å². The minimum atomic E-state index is 0.102. The molecule has 10 aromatic rings. The second-order valence-corrected chi connectivity index (χ2v) is 27.1. The van der Waals surface area contributed by atoms with Crippen molar-refractivity contribution in [2.45, 2.75) is 92.9 Å². The Morgan fingerprint density at radius 3 is 1.16 bits per heavy atom. The Morgan fingerprint density at radius 1 is 0.390 bits per heavy atom. The zero-order valence-electron chi connectivity index (χ0n) is 58.4. The number of hydrogen-bond donors (Lipinski definition) is 5. The Morgan fingerprint density at radius 2 is 0.740 bits per heavy atom. The summed E-state index contributed by atoms with van der Waals surface area (Å²) in [5, 5.41) is 59.8. The molecule has 0 amide bonds. The highest BCUT2D eigenvalue weighted by Crippen LogP contribution is 2.42. The summed E-state index contributed by atoms with van der Waals surface area (Å²) in [6.07, 6.45) is 6.88. The van der Waals surface area contributed by atoms with Gasteiger partial charge in [-0.1, -0.05) is 191 Å². The van der Waals surface area contributed by atoms with Crippen molar-refractivity contribution >= 4 is 34.5 Å². The Balaban J connectivity index is 0.000000126. The fraction of sp³-hybridized carbons (Fsp3) is 0.276. The molecule has 0 saturated heterocycles. The minimum absolute atomic E-state index is 0.102. The molecule has 12 nitrogen and oxygen atoms in total. The van der Waals surface area contributed by atoms with E-state index in [1.54, 1.807) is 6.07 Å². The van der Waals surface area contributed by atoms with Crippen molar-refractivity contribution in [2.24, 2.45) is 0 Å². The first-order valence-electron chi connectivity index (χ1n) is 35.4. The van der Waals surface area contributed by atoms with Gasteiger partial charge in [-0.2, -0.15) is 10.5 Å². The van der Waals surface area contributed by atoms with E-state index in [1.807, 2.05) is 85.1 Å². The Labute approximate surface area is 605 Å². The SMILES string of the molecule is CCN1CCc2c(-c3ccccc3)cc(C#N)c(O)c2C1.CCN1CCc2c(-c3ccccc3)cc(I)c(O)c2C1.CCN1CCc2c(-c3ccccc3)ccc(N)c2C1.CCN1CCc2c(-c3ccccc3)ccc(O)c2C1.CC[N+]1=Cc2c(O)c(C#N)cc(-c3ccccc3)c2CC1. The number of nitrogen functional groups attached to an aromatic ring is 1. The van der Waals surface area contributed by atoms with Gasteiger partial charge in [0.15, 0.2) is 6.21 Å². The van der Waals surface area contributed by atoms with E-state index in [0.717, 1.165) is 177 Å². The van der Waals surface area contributed by atoms with Gasteiger partial charge in [0.1, 0.15) is 48.2 Å². The quantitative estimate of drug-likeness (QED) is 0.0502. The van der Waals surface area contributed by atoms with Crippen LogP contribution in [0.15, 0.2) is 194 Å². The van der Waals surface area contributed by atoms with E-state index in [2.05, 4.69) is 203 Å². The van der Waals surface area contributed by atoms with Crippen LogP contribution in [0.2, 0.25) is 0 Å². The number of fused-ring (bicyclic) bond motifs is 5. The van der Waals surface area contributed by atoms with Crippen molar-refractivity contribution in [1.82, 2.24) is 19.6 Å². The average Bonchev–Trinajstić information content (AvgIpc) is 0.807. The molecular weight excluding hydrogens is 1350 g/mol. The molecule has 0 fully saturated rings. The lowest BCUT2D eigenvalue weighted by Gasteiger charge is -2.30. The van der Waals surface area contributed by atoms with Crippen LogP contribution in [-0.4, -0.2) is 116 Å². The molecule has 0 saturated carbocycles. The van der Waals surface area contributed by atoms with Crippen molar-refractivity contribution in [3.63, 3.8) is 0 Å². The third-order valence-electron chi connectivity index (χ3n) is 20.4.